The summed E-state index contributed by atoms with van der Waals surface area (Å²) in [5, 5.41) is 12.5. The smallest absolute Gasteiger partial charge is 0.234 e. The normalized spacial score (nSPS) is 11.7. The summed E-state index contributed by atoms with van der Waals surface area (Å²) in [6.07, 6.45) is 1.08. The Kier molecular flexibility index (Phi) is 7.65. The number of carbonyl (C=O) groups is 1. The Morgan fingerprint density at radius 2 is 1.71 bits per heavy atom. The summed E-state index contributed by atoms with van der Waals surface area (Å²) >= 11 is 1.35. The van der Waals surface area contributed by atoms with Crippen molar-refractivity contribution in [2.24, 2.45) is 0 Å². The number of para-hydroxylation sites is 2. The topological polar surface area (TPSA) is 69.0 Å². The summed E-state index contributed by atoms with van der Waals surface area (Å²) in [6.45, 7) is 4.37. The standard InChI is InChI=1S/C27H28N4O2S/c1-4-19(2)20-14-16-21(17-15-20)28-25(32)18-34-27-30-29-26(23-12-8-9-13-24(23)33-3)31(27)22-10-6-5-7-11-22/h5-17,19H,4,18H2,1-3H3,(H,28,32)/t19-/m1/s1. The van der Waals surface area contributed by atoms with Crippen molar-refractivity contribution in [3.05, 3.63) is 84.4 Å². The number of rotatable bonds is 9. The van der Waals surface area contributed by atoms with Gasteiger partial charge in [-0.25, -0.2) is 0 Å². The maximum atomic E-state index is 12.7. The lowest BCUT2D eigenvalue weighted by molar-refractivity contribution is -0.113. The molecular weight excluding hydrogens is 444 g/mol. The van der Waals surface area contributed by atoms with Crippen LogP contribution in [0, 0.1) is 0 Å². The predicted molar refractivity (Wildman–Crippen MR) is 138 cm³/mol. The van der Waals surface area contributed by atoms with Gasteiger partial charge in [0.05, 0.1) is 18.4 Å². The first kappa shape index (κ1) is 23.6. The first-order valence-corrected chi connectivity index (χ1v) is 12.3. The highest BCUT2D eigenvalue weighted by molar-refractivity contribution is 7.99. The van der Waals surface area contributed by atoms with Gasteiger partial charge < -0.3 is 10.1 Å². The number of thioether (sulfide) groups is 1. The number of carbonyl (C=O) groups excluding carboxylic acids is 1. The molecule has 1 amide bonds. The molecule has 1 aromatic heterocycles. The Morgan fingerprint density at radius 3 is 2.41 bits per heavy atom. The van der Waals surface area contributed by atoms with E-state index < -0.39 is 0 Å². The van der Waals surface area contributed by atoms with Crippen LogP contribution in [-0.4, -0.2) is 33.5 Å². The maximum Gasteiger partial charge on any atom is 0.234 e. The van der Waals surface area contributed by atoms with Crippen molar-refractivity contribution in [3.63, 3.8) is 0 Å². The zero-order valence-electron chi connectivity index (χ0n) is 19.6. The van der Waals surface area contributed by atoms with E-state index in [0.29, 0.717) is 22.6 Å². The lowest BCUT2D eigenvalue weighted by Gasteiger charge is -2.12. The van der Waals surface area contributed by atoms with Crippen molar-refractivity contribution in [3.8, 4) is 22.8 Å². The van der Waals surface area contributed by atoms with Gasteiger partial charge >= 0.3 is 0 Å². The highest BCUT2D eigenvalue weighted by atomic mass is 32.2. The van der Waals surface area contributed by atoms with Crippen LogP contribution in [0.4, 0.5) is 5.69 Å². The van der Waals surface area contributed by atoms with Crippen molar-refractivity contribution < 1.29 is 9.53 Å². The number of ether oxygens (including phenoxy) is 1. The highest BCUT2D eigenvalue weighted by Crippen LogP contribution is 2.33. The quantitative estimate of drug-likeness (QED) is 0.294. The summed E-state index contributed by atoms with van der Waals surface area (Å²) in [5.74, 6) is 1.99. The average Bonchev–Trinajstić information content (AvgIpc) is 3.31. The summed E-state index contributed by atoms with van der Waals surface area (Å²) in [7, 11) is 1.64. The number of hydrogen-bond acceptors (Lipinski definition) is 5. The second-order valence-electron chi connectivity index (χ2n) is 7.95. The van der Waals surface area contributed by atoms with Crippen molar-refractivity contribution in [1.29, 1.82) is 0 Å². The fourth-order valence-corrected chi connectivity index (χ4v) is 4.39. The van der Waals surface area contributed by atoms with Gasteiger partial charge in [-0.3, -0.25) is 9.36 Å². The maximum absolute atomic E-state index is 12.7. The third-order valence-electron chi connectivity index (χ3n) is 5.70. The van der Waals surface area contributed by atoms with Crippen LogP contribution in [-0.2, 0) is 4.79 Å². The molecule has 0 saturated heterocycles. The van der Waals surface area contributed by atoms with E-state index in [1.807, 2.05) is 71.3 Å². The fraction of sp³-hybridized carbons (Fsp3) is 0.222. The Bertz CT molecular complexity index is 1240. The van der Waals surface area contributed by atoms with E-state index in [0.717, 1.165) is 23.4 Å². The third kappa shape index (κ3) is 5.31. The lowest BCUT2D eigenvalue weighted by Crippen LogP contribution is -2.14. The molecule has 0 aliphatic carbocycles. The number of nitrogens with one attached hydrogen (secondary N) is 1. The molecule has 7 heteroatoms. The van der Waals surface area contributed by atoms with Crippen LogP contribution in [0.15, 0.2) is 84.0 Å². The molecule has 1 heterocycles. The SMILES string of the molecule is CC[C@@H](C)c1ccc(NC(=O)CSc2nnc(-c3ccccc3OC)n2-c2ccccc2)cc1. The number of nitrogens with zero attached hydrogens (tertiary/aromatic N) is 3. The van der Waals surface area contributed by atoms with Gasteiger partial charge in [0.25, 0.3) is 0 Å². The average molecular weight is 473 g/mol. The summed E-state index contributed by atoms with van der Waals surface area (Å²) < 4.78 is 7.50. The van der Waals surface area contributed by atoms with Crippen LogP contribution in [0.5, 0.6) is 5.75 Å². The van der Waals surface area contributed by atoms with E-state index in [-0.39, 0.29) is 11.7 Å². The molecule has 0 aliphatic rings. The number of benzene rings is 3. The van der Waals surface area contributed by atoms with Gasteiger partial charge in [-0.1, -0.05) is 68.1 Å². The number of amides is 1. The molecule has 0 aliphatic heterocycles. The van der Waals surface area contributed by atoms with Crippen molar-refractivity contribution in [2.75, 3.05) is 18.2 Å². The molecule has 1 atom stereocenters. The van der Waals surface area contributed by atoms with E-state index >= 15 is 0 Å². The van der Waals surface area contributed by atoms with Crippen LogP contribution in [0.2, 0.25) is 0 Å². The van der Waals surface area contributed by atoms with Gasteiger partial charge in [-0.15, -0.1) is 10.2 Å². The molecule has 0 bridgehead atoms. The van der Waals surface area contributed by atoms with E-state index in [9.17, 15) is 4.79 Å². The minimum absolute atomic E-state index is 0.0947. The van der Waals surface area contributed by atoms with Crippen LogP contribution < -0.4 is 10.1 Å². The first-order valence-electron chi connectivity index (χ1n) is 11.3. The number of aromatic nitrogens is 3. The molecule has 0 fully saturated rings. The third-order valence-corrected chi connectivity index (χ3v) is 6.63. The van der Waals surface area contributed by atoms with E-state index in [1.165, 1.54) is 17.3 Å². The highest BCUT2D eigenvalue weighted by Gasteiger charge is 2.19. The molecule has 174 valence electrons. The molecule has 0 saturated carbocycles. The second kappa shape index (κ2) is 11.0. The molecule has 3 aromatic carbocycles. The first-order chi connectivity index (χ1) is 16.6. The molecular formula is C27H28N4O2S. The van der Waals surface area contributed by atoms with Crippen molar-refractivity contribution >= 4 is 23.4 Å². The predicted octanol–water partition coefficient (Wildman–Crippen LogP) is 6.19. The number of hydrogen-bond donors (Lipinski definition) is 1. The lowest BCUT2D eigenvalue weighted by atomic mass is 9.99. The molecule has 4 aromatic rings. The molecule has 0 radical (unpaired) electrons. The fourth-order valence-electron chi connectivity index (χ4n) is 3.63. The van der Waals surface area contributed by atoms with Gasteiger partial charge in [0.1, 0.15) is 5.75 Å². The van der Waals surface area contributed by atoms with Crippen LogP contribution in [0.1, 0.15) is 31.7 Å². The van der Waals surface area contributed by atoms with Gasteiger partial charge in [0.2, 0.25) is 5.91 Å². The Morgan fingerprint density at radius 1 is 1.00 bits per heavy atom. The minimum Gasteiger partial charge on any atom is -0.496 e. The summed E-state index contributed by atoms with van der Waals surface area (Å²) in [5.41, 5.74) is 3.81. The van der Waals surface area contributed by atoms with Gasteiger partial charge in [0, 0.05) is 11.4 Å². The van der Waals surface area contributed by atoms with Gasteiger partial charge in [0.15, 0.2) is 11.0 Å². The molecule has 1 N–H and O–H groups in total. The second-order valence-corrected chi connectivity index (χ2v) is 8.89. The molecule has 0 spiro atoms. The van der Waals surface area contributed by atoms with Crippen molar-refractivity contribution in [1.82, 2.24) is 14.8 Å². The van der Waals surface area contributed by atoms with E-state index in [4.69, 9.17) is 4.74 Å². The summed E-state index contributed by atoms with van der Waals surface area (Å²) in [4.78, 5) is 12.7. The Balaban J connectivity index is 1.54. The largest absolute Gasteiger partial charge is 0.496 e. The monoisotopic (exact) mass is 472 g/mol. The zero-order chi connectivity index (χ0) is 23.9. The Hall–Kier alpha value is -3.58. The molecule has 6 nitrogen and oxygen atoms in total. The summed E-state index contributed by atoms with van der Waals surface area (Å²) in [6, 6.07) is 25.6. The Labute approximate surface area is 204 Å². The van der Waals surface area contributed by atoms with Gasteiger partial charge in [-0.05, 0) is 54.3 Å². The number of methoxy groups -OCH3 is 1. The minimum atomic E-state index is -0.0947. The molecule has 0 unspecified atom stereocenters. The van der Waals surface area contributed by atoms with Crippen LogP contribution in [0.3, 0.4) is 0 Å². The van der Waals surface area contributed by atoms with E-state index in [2.05, 4.69) is 41.5 Å². The zero-order valence-corrected chi connectivity index (χ0v) is 20.4. The van der Waals surface area contributed by atoms with Gasteiger partial charge in [-0.2, -0.15) is 0 Å². The molecule has 34 heavy (non-hydrogen) atoms. The van der Waals surface area contributed by atoms with Crippen molar-refractivity contribution in [2.45, 2.75) is 31.3 Å². The molecule has 4 rings (SSSR count). The number of anilines is 1. The van der Waals surface area contributed by atoms with Crippen LogP contribution >= 0.6 is 11.8 Å². The van der Waals surface area contributed by atoms with E-state index in [1.54, 1.807) is 7.11 Å². The van der Waals surface area contributed by atoms with Crippen LogP contribution in [0.25, 0.3) is 17.1 Å².